The predicted molar refractivity (Wildman–Crippen MR) is 115 cm³/mol. The monoisotopic (exact) mass is 432 g/mol. The molecule has 0 aliphatic rings. The van der Waals surface area contributed by atoms with E-state index in [1.54, 1.807) is 6.07 Å². The molecule has 0 radical (unpaired) electrons. The van der Waals surface area contributed by atoms with Crippen LogP contribution in [-0.2, 0) is 28.3 Å². The molecule has 29 heavy (non-hydrogen) atoms. The lowest BCUT2D eigenvalue weighted by molar-refractivity contribution is -0.119. The van der Waals surface area contributed by atoms with E-state index in [9.17, 15) is 13.2 Å². The summed E-state index contributed by atoms with van der Waals surface area (Å²) in [6, 6.07) is 12.7. The number of primary sulfonamides is 1. The number of aromatic nitrogens is 2. The van der Waals surface area contributed by atoms with Gasteiger partial charge in [-0.15, -0.1) is 0 Å². The van der Waals surface area contributed by atoms with Crippen LogP contribution in [0.5, 0.6) is 0 Å². The first-order valence-corrected chi connectivity index (χ1v) is 11.7. The Bertz CT molecular complexity index is 1140. The average molecular weight is 433 g/mol. The molecule has 0 unspecified atom stereocenters. The van der Waals surface area contributed by atoms with E-state index < -0.39 is 10.0 Å². The maximum atomic E-state index is 12.4. The zero-order chi connectivity index (χ0) is 21.2. The summed E-state index contributed by atoms with van der Waals surface area (Å²) < 4.78 is 24.9. The number of rotatable bonds is 7. The van der Waals surface area contributed by atoms with Crippen molar-refractivity contribution in [2.24, 2.45) is 12.2 Å². The van der Waals surface area contributed by atoms with Gasteiger partial charge in [0.15, 0.2) is 5.16 Å². The summed E-state index contributed by atoms with van der Waals surface area (Å²) >= 11 is 1.30. The van der Waals surface area contributed by atoms with Gasteiger partial charge in [0.2, 0.25) is 15.9 Å². The molecule has 7 nitrogen and oxygen atoms in total. The van der Waals surface area contributed by atoms with Crippen LogP contribution in [0.1, 0.15) is 31.0 Å². The summed E-state index contributed by atoms with van der Waals surface area (Å²) in [6.45, 7) is 4.06. The lowest BCUT2D eigenvalue weighted by atomic mass is 10.1. The highest BCUT2D eigenvalue weighted by Gasteiger charge is 2.15. The van der Waals surface area contributed by atoms with Gasteiger partial charge in [0.25, 0.3) is 0 Å². The molecule has 0 fully saturated rings. The molecular formula is C20H24N4O3S2. The number of carbonyl (C=O) groups excluding carboxylic acids is 1. The molecule has 9 heteroatoms. The number of nitrogens with one attached hydrogen (secondary N) is 1. The summed E-state index contributed by atoms with van der Waals surface area (Å²) in [7, 11) is -1.96. The second kappa shape index (κ2) is 8.56. The molecule has 1 aromatic heterocycles. The van der Waals surface area contributed by atoms with Crippen LogP contribution in [0.4, 0.5) is 0 Å². The largest absolute Gasteiger partial charge is 0.349 e. The standard InChI is InChI=1S/C20H24N4O3S2/c1-4-14-5-7-15(8-6-14)13(2)22-19(25)12-28-20-23-17-11-16(29(21,26)27)9-10-18(17)24(20)3/h5-11,13H,4,12H2,1-3H3,(H,22,25)(H2,21,26,27)/t13-/m0/s1. The minimum atomic E-state index is -3.79. The molecule has 154 valence electrons. The van der Waals surface area contributed by atoms with E-state index in [2.05, 4.69) is 29.4 Å². The summed E-state index contributed by atoms with van der Waals surface area (Å²) in [6.07, 6.45) is 0.981. The molecule has 2 aromatic carbocycles. The Hall–Kier alpha value is -2.36. The first-order chi connectivity index (χ1) is 13.7. The molecule has 0 saturated carbocycles. The third kappa shape index (κ3) is 4.98. The van der Waals surface area contributed by atoms with Gasteiger partial charge in [-0.1, -0.05) is 43.0 Å². The van der Waals surface area contributed by atoms with Crippen molar-refractivity contribution in [1.29, 1.82) is 0 Å². The van der Waals surface area contributed by atoms with Crippen molar-refractivity contribution >= 4 is 38.7 Å². The molecule has 1 atom stereocenters. The SMILES string of the molecule is CCc1ccc([C@H](C)NC(=O)CSc2nc3cc(S(N)(=O)=O)ccc3n2C)cc1. The summed E-state index contributed by atoms with van der Waals surface area (Å²) in [4.78, 5) is 16.8. The number of hydrogen-bond donors (Lipinski definition) is 2. The van der Waals surface area contributed by atoms with E-state index in [0.29, 0.717) is 10.7 Å². The number of nitrogens with two attached hydrogens (primary N) is 1. The molecule has 3 rings (SSSR count). The molecule has 3 aromatic rings. The van der Waals surface area contributed by atoms with Crippen LogP contribution in [-0.4, -0.2) is 29.6 Å². The number of amides is 1. The summed E-state index contributed by atoms with van der Waals surface area (Å²) in [5.41, 5.74) is 3.60. The smallest absolute Gasteiger partial charge is 0.238 e. The number of hydrogen-bond acceptors (Lipinski definition) is 5. The molecule has 1 heterocycles. The van der Waals surface area contributed by atoms with E-state index in [1.165, 1.54) is 29.5 Å². The first-order valence-electron chi connectivity index (χ1n) is 9.19. The van der Waals surface area contributed by atoms with Crippen molar-refractivity contribution < 1.29 is 13.2 Å². The van der Waals surface area contributed by atoms with E-state index in [1.807, 2.05) is 30.7 Å². The Morgan fingerprint density at radius 3 is 2.55 bits per heavy atom. The highest BCUT2D eigenvalue weighted by atomic mass is 32.2. The molecule has 0 saturated heterocycles. The van der Waals surface area contributed by atoms with Gasteiger partial charge in [0.05, 0.1) is 27.7 Å². The fraction of sp³-hybridized carbons (Fsp3) is 0.300. The first kappa shape index (κ1) is 21.4. The highest BCUT2D eigenvalue weighted by Crippen LogP contribution is 2.25. The van der Waals surface area contributed by atoms with Crippen molar-refractivity contribution in [2.75, 3.05) is 5.75 Å². The van der Waals surface area contributed by atoms with Crippen LogP contribution in [0.2, 0.25) is 0 Å². The van der Waals surface area contributed by atoms with Crippen LogP contribution in [0.15, 0.2) is 52.5 Å². The van der Waals surface area contributed by atoms with Gasteiger partial charge < -0.3 is 9.88 Å². The van der Waals surface area contributed by atoms with Gasteiger partial charge in [-0.05, 0) is 42.7 Å². The van der Waals surface area contributed by atoms with Crippen molar-refractivity contribution in [3.8, 4) is 0 Å². The Morgan fingerprint density at radius 2 is 1.93 bits per heavy atom. The molecule has 0 aliphatic carbocycles. The topological polar surface area (TPSA) is 107 Å². The van der Waals surface area contributed by atoms with Gasteiger partial charge in [-0.3, -0.25) is 4.79 Å². The number of fused-ring (bicyclic) bond motifs is 1. The molecule has 0 bridgehead atoms. The zero-order valence-corrected chi connectivity index (χ0v) is 18.2. The fourth-order valence-electron chi connectivity index (χ4n) is 3.00. The van der Waals surface area contributed by atoms with E-state index >= 15 is 0 Å². The molecule has 0 aliphatic heterocycles. The zero-order valence-electron chi connectivity index (χ0n) is 16.5. The second-order valence-corrected chi connectivity index (χ2v) is 9.33. The number of thioether (sulfide) groups is 1. The third-order valence-corrected chi connectivity index (χ3v) is 6.68. The predicted octanol–water partition coefficient (Wildman–Crippen LogP) is 2.75. The van der Waals surface area contributed by atoms with Gasteiger partial charge in [0, 0.05) is 7.05 Å². The van der Waals surface area contributed by atoms with Crippen molar-refractivity contribution in [2.45, 2.75) is 36.4 Å². The highest BCUT2D eigenvalue weighted by molar-refractivity contribution is 7.99. The van der Waals surface area contributed by atoms with Crippen LogP contribution < -0.4 is 10.5 Å². The number of carbonyl (C=O) groups is 1. The number of aryl methyl sites for hydroxylation is 2. The van der Waals surface area contributed by atoms with Crippen LogP contribution in [0.25, 0.3) is 11.0 Å². The third-order valence-electron chi connectivity index (χ3n) is 4.74. The van der Waals surface area contributed by atoms with Crippen molar-refractivity contribution in [3.05, 3.63) is 53.6 Å². The van der Waals surface area contributed by atoms with Gasteiger partial charge in [-0.25, -0.2) is 18.5 Å². The van der Waals surface area contributed by atoms with E-state index in [0.717, 1.165) is 17.5 Å². The van der Waals surface area contributed by atoms with Crippen LogP contribution >= 0.6 is 11.8 Å². The second-order valence-electron chi connectivity index (χ2n) is 6.82. The van der Waals surface area contributed by atoms with Crippen molar-refractivity contribution in [1.82, 2.24) is 14.9 Å². The maximum absolute atomic E-state index is 12.4. The Balaban J connectivity index is 1.66. The van der Waals surface area contributed by atoms with Gasteiger partial charge in [0.1, 0.15) is 0 Å². The Morgan fingerprint density at radius 1 is 1.24 bits per heavy atom. The Labute approximate surface area is 174 Å². The average Bonchev–Trinajstić information content (AvgIpc) is 3.01. The minimum Gasteiger partial charge on any atom is -0.349 e. The van der Waals surface area contributed by atoms with E-state index in [4.69, 9.17) is 5.14 Å². The fourth-order valence-corrected chi connectivity index (χ4v) is 4.33. The summed E-state index contributed by atoms with van der Waals surface area (Å²) in [5, 5.41) is 8.80. The van der Waals surface area contributed by atoms with Crippen LogP contribution in [0, 0.1) is 0 Å². The quantitative estimate of drug-likeness (QED) is 0.558. The maximum Gasteiger partial charge on any atom is 0.238 e. The lowest BCUT2D eigenvalue weighted by Crippen LogP contribution is -2.28. The van der Waals surface area contributed by atoms with E-state index in [-0.39, 0.29) is 22.6 Å². The summed E-state index contributed by atoms with van der Waals surface area (Å²) in [5.74, 6) is 0.107. The minimum absolute atomic E-state index is 0.0142. The lowest BCUT2D eigenvalue weighted by Gasteiger charge is -2.14. The molecule has 3 N–H and O–H groups in total. The number of nitrogens with zero attached hydrogens (tertiary/aromatic N) is 2. The number of sulfonamides is 1. The van der Waals surface area contributed by atoms with Gasteiger partial charge in [-0.2, -0.15) is 0 Å². The van der Waals surface area contributed by atoms with Crippen molar-refractivity contribution in [3.63, 3.8) is 0 Å². The molecule has 1 amide bonds. The molecular weight excluding hydrogens is 408 g/mol. The number of benzene rings is 2. The van der Waals surface area contributed by atoms with Gasteiger partial charge >= 0.3 is 0 Å². The number of imidazole rings is 1. The van der Waals surface area contributed by atoms with Crippen LogP contribution in [0.3, 0.4) is 0 Å². The normalized spacial score (nSPS) is 12.8. The molecule has 0 spiro atoms. The Kier molecular flexibility index (Phi) is 6.30.